The van der Waals surface area contributed by atoms with E-state index in [9.17, 15) is 4.79 Å². The predicted molar refractivity (Wildman–Crippen MR) is 137 cm³/mol. The van der Waals surface area contributed by atoms with Crippen LogP contribution < -0.4 is 25.0 Å². The molecule has 3 aromatic rings. The smallest absolute Gasteiger partial charge is 0.319 e. The minimum atomic E-state index is -0.315. The van der Waals surface area contributed by atoms with E-state index in [1.165, 1.54) is 0 Å². The number of rotatable bonds is 7. The number of likely N-dealkylation sites (tertiary alicyclic amines) is 1. The maximum Gasteiger partial charge on any atom is 0.319 e. The number of likely N-dealkylation sites (N-methyl/N-ethyl adjacent to an activating group) is 1. The lowest BCUT2D eigenvalue weighted by atomic mass is 10.1. The zero-order valence-electron chi connectivity index (χ0n) is 20.3. The van der Waals surface area contributed by atoms with Crippen molar-refractivity contribution >= 4 is 28.2 Å². The number of fused-ring (bicyclic) bond motifs is 1. The summed E-state index contributed by atoms with van der Waals surface area (Å²) in [6.07, 6.45) is 2.25. The number of anilines is 2. The summed E-state index contributed by atoms with van der Waals surface area (Å²) < 4.78 is 11.5. The van der Waals surface area contributed by atoms with Gasteiger partial charge in [-0.2, -0.15) is 9.97 Å². The van der Waals surface area contributed by atoms with Crippen molar-refractivity contribution < 1.29 is 14.3 Å². The summed E-state index contributed by atoms with van der Waals surface area (Å²) in [5.41, 5.74) is 0.942. The monoisotopic (exact) mass is 476 g/mol. The Balaban J connectivity index is 1.43. The molecule has 2 aromatic carbocycles. The fourth-order valence-electron chi connectivity index (χ4n) is 4.70. The van der Waals surface area contributed by atoms with Gasteiger partial charge in [-0.15, -0.1) is 0 Å². The van der Waals surface area contributed by atoms with Gasteiger partial charge in [0.2, 0.25) is 0 Å². The fraction of sp³-hybridized carbons (Fsp3) is 0.423. The van der Waals surface area contributed by atoms with Gasteiger partial charge in [0, 0.05) is 49.7 Å². The molecule has 0 radical (unpaired) electrons. The van der Waals surface area contributed by atoms with Gasteiger partial charge < -0.3 is 29.9 Å². The molecule has 3 heterocycles. The zero-order chi connectivity index (χ0) is 24.2. The van der Waals surface area contributed by atoms with Crippen molar-refractivity contribution in [3.8, 4) is 11.8 Å². The Morgan fingerprint density at radius 2 is 1.97 bits per heavy atom. The SMILES string of the molecule is COc1cc(NC(=O)c2cc(N3CCNCC3)nc(OC[C@@H]3CCCN3C)n2)c2ccccc2c1. The molecule has 1 atom stereocenters. The van der Waals surface area contributed by atoms with Crippen LogP contribution in [0, 0.1) is 0 Å². The number of hydrogen-bond donors (Lipinski definition) is 2. The van der Waals surface area contributed by atoms with E-state index in [1.807, 2.05) is 36.4 Å². The normalized spacial score (nSPS) is 18.6. The van der Waals surface area contributed by atoms with E-state index < -0.39 is 0 Å². The third-order valence-corrected chi connectivity index (χ3v) is 6.76. The summed E-state index contributed by atoms with van der Waals surface area (Å²) in [7, 11) is 3.72. The Labute approximate surface area is 205 Å². The van der Waals surface area contributed by atoms with Gasteiger partial charge >= 0.3 is 6.01 Å². The lowest BCUT2D eigenvalue weighted by molar-refractivity contribution is 0.102. The summed E-state index contributed by atoms with van der Waals surface area (Å²) in [6, 6.07) is 14.0. The van der Waals surface area contributed by atoms with Gasteiger partial charge in [-0.05, 0) is 37.9 Å². The number of nitrogens with zero attached hydrogens (tertiary/aromatic N) is 4. The summed E-state index contributed by atoms with van der Waals surface area (Å²) in [6.45, 7) is 4.92. The minimum absolute atomic E-state index is 0.238. The van der Waals surface area contributed by atoms with E-state index in [2.05, 4.69) is 37.4 Å². The first-order chi connectivity index (χ1) is 17.1. The van der Waals surface area contributed by atoms with Crippen LogP contribution in [0.5, 0.6) is 11.8 Å². The van der Waals surface area contributed by atoms with Crippen LogP contribution in [0.25, 0.3) is 10.8 Å². The van der Waals surface area contributed by atoms with Crippen LogP contribution in [0.1, 0.15) is 23.3 Å². The van der Waals surface area contributed by atoms with E-state index in [4.69, 9.17) is 9.47 Å². The fourth-order valence-corrected chi connectivity index (χ4v) is 4.70. The number of nitrogens with one attached hydrogen (secondary N) is 2. The molecule has 2 N–H and O–H groups in total. The first kappa shape index (κ1) is 23.3. The second-order valence-corrected chi connectivity index (χ2v) is 9.07. The van der Waals surface area contributed by atoms with Crippen LogP contribution in [-0.2, 0) is 0 Å². The summed E-state index contributed by atoms with van der Waals surface area (Å²) in [5.74, 6) is 1.06. The number of methoxy groups -OCH3 is 1. The number of amides is 1. The van der Waals surface area contributed by atoms with Crippen LogP contribution >= 0.6 is 0 Å². The number of aromatic nitrogens is 2. The molecule has 35 heavy (non-hydrogen) atoms. The molecule has 2 aliphatic rings. The maximum atomic E-state index is 13.4. The second kappa shape index (κ2) is 10.5. The van der Waals surface area contributed by atoms with Crippen LogP contribution in [0.3, 0.4) is 0 Å². The summed E-state index contributed by atoms with van der Waals surface area (Å²) in [5, 5.41) is 8.30. The maximum absolute atomic E-state index is 13.4. The molecule has 5 rings (SSSR count). The molecule has 9 nitrogen and oxygen atoms in total. The van der Waals surface area contributed by atoms with Crippen LogP contribution in [0.4, 0.5) is 11.5 Å². The number of carbonyl (C=O) groups is 1. The molecular weight excluding hydrogens is 444 g/mol. The molecule has 2 saturated heterocycles. The van der Waals surface area contributed by atoms with Gasteiger partial charge in [0.05, 0.1) is 12.8 Å². The molecule has 184 valence electrons. The molecular formula is C26H32N6O3. The molecule has 0 bridgehead atoms. The lowest BCUT2D eigenvalue weighted by Gasteiger charge is -2.28. The van der Waals surface area contributed by atoms with Crippen molar-refractivity contribution in [2.75, 3.05) is 63.7 Å². The highest BCUT2D eigenvalue weighted by Crippen LogP contribution is 2.30. The highest BCUT2D eigenvalue weighted by molar-refractivity contribution is 6.09. The molecule has 1 aromatic heterocycles. The number of hydrogen-bond acceptors (Lipinski definition) is 8. The van der Waals surface area contributed by atoms with Crippen LogP contribution in [0.15, 0.2) is 42.5 Å². The Kier molecular flexibility index (Phi) is 6.96. The highest BCUT2D eigenvalue weighted by atomic mass is 16.5. The molecule has 0 saturated carbocycles. The van der Waals surface area contributed by atoms with E-state index >= 15 is 0 Å². The number of benzene rings is 2. The largest absolute Gasteiger partial charge is 0.497 e. The average Bonchev–Trinajstić information content (AvgIpc) is 3.32. The van der Waals surface area contributed by atoms with Crippen molar-refractivity contribution in [2.45, 2.75) is 18.9 Å². The van der Waals surface area contributed by atoms with Crippen LogP contribution in [-0.4, -0.2) is 80.3 Å². The van der Waals surface area contributed by atoms with Crippen molar-refractivity contribution in [1.82, 2.24) is 20.2 Å². The number of piperazine rings is 1. The Bertz CT molecular complexity index is 1200. The first-order valence-corrected chi connectivity index (χ1v) is 12.2. The third kappa shape index (κ3) is 5.31. The molecule has 2 aliphatic heterocycles. The van der Waals surface area contributed by atoms with Gasteiger partial charge in [0.25, 0.3) is 5.91 Å². The predicted octanol–water partition coefficient (Wildman–Crippen LogP) is 2.77. The molecule has 0 spiro atoms. The molecule has 9 heteroatoms. The molecule has 2 fully saturated rings. The Hall–Kier alpha value is -3.43. The van der Waals surface area contributed by atoms with E-state index in [1.54, 1.807) is 13.2 Å². The molecule has 0 aliphatic carbocycles. The van der Waals surface area contributed by atoms with Crippen molar-refractivity contribution in [1.29, 1.82) is 0 Å². The summed E-state index contributed by atoms with van der Waals surface area (Å²) >= 11 is 0. The van der Waals surface area contributed by atoms with Gasteiger partial charge in [0.1, 0.15) is 23.9 Å². The van der Waals surface area contributed by atoms with E-state index in [-0.39, 0.29) is 17.6 Å². The van der Waals surface area contributed by atoms with Gasteiger partial charge in [0.15, 0.2) is 0 Å². The van der Waals surface area contributed by atoms with E-state index in [0.29, 0.717) is 29.9 Å². The van der Waals surface area contributed by atoms with Crippen molar-refractivity contribution in [2.24, 2.45) is 0 Å². The topological polar surface area (TPSA) is 91.9 Å². The van der Waals surface area contributed by atoms with Gasteiger partial charge in [-0.1, -0.05) is 24.3 Å². The second-order valence-electron chi connectivity index (χ2n) is 9.07. The van der Waals surface area contributed by atoms with Gasteiger partial charge in [-0.3, -0.25) is 4.79 Å². The van der Waals surface area contributed by atoms with Crippen molar-refractivity contribution in [3.05, 3.63) is 48.2 Å². The third-order valence-electron chi connectivity index (χ3n) is 6.76. The minimum Gasteiger partial charge on any atom is -0.497 e. The molecule has 1 amide bonds. The van der Waals surface area contributed by atoms with Crippen LogP contribution in [0.2, 0.25) is 0 Å². The van der Waals surface area contributed by atoms with Gasteiger partial charge in [-0.25, -0.2) is 0 Å². The lowest BCUT2D eigenvalue weighted by Crippen LogP contribution is -2.44. The average molecular weight is 477 g/mol. The number of carbonyl (C=O) groups excluding carboxylic acids is 1. The standard InChI is InChI=1S/C26H32N6O3/c1-31-11-5-7-19(31)17-35-26-29-23(16-24(30-26)32-12-9-27-10-13-32)25(33)28-22-15-20(34-2)14-18-6-3-4-8-21(18)22/h3-4,6,8,14-16,19,27H,5,7,9-13,17H2,1-2H3,(H,28,33)/t19-/m0/s1. The zero-order valence-corrected chi connectivity index (χ0v) is 20.3. The number of ether oxygens (including phenoxy) is 2. The Morgan fingerprint density at radius 3 is 2.74 bits per heavy atom. The highest BCUT2D eigenvalue weighted by Gasteiger charge is 2.23. The van der Waals surface area contributed by atoms with Crippen molar-refractivity contribution in [3.63, 3.8) is 0 Å². The Morgan fingerprint density at radius 1 is 1.14 bits per heavy atom. The first-order valence-electron chi connectivity index (χ1n) is 12.2. The quantitative estimate of drug-likeness (QED) is 0.538. The molecule has 0 unspecified atom stereocenters. The van der Waals surface area contributed by atoms with E-state index in [0.717, 1.165) is 56.3 Å². The summed E-state index contributed by atoms with van der Waals surface area (Å²) in [4.78, 5) is 27.0.